The van der Waals surface area contributed by atoms with E-state index in [0.29, 0.717) is 18.8 Å². The summed E-state index contributed by atoms with van der Waals surface area (Å²) >= 11 is 0. The van der Waals surface area contributed by atoms with Crippen molar-refractivity contribution in [1.29, 1.82) is 0 Å². The Morgan fingerprint density at radius 2 is 1.52 bits per heavy atom. The maximum atomic E-state index is 12.8. The molecule has 0 aliphatic carbocycles. The molecular weight excluding hydrogens is 436 g/mol. The summed E-state index contributed by atoms with van der Waals surface area (Å²) in [6.07, 6.45) is 4.49. The summed E-state index contributed by atoms with van der Waals surface area (Å²) in [5.74, 6) is -0.867. The van der Waals surface area contributed by atoms with Gasteiger partial charge in [0.1, 0.15) is 5.75 Å². The fraction of sp³-hybridized carbons (Fsp3) is 0.480. The van der Waals surface area contributed by atoms with Crippen LogP contribution in [0.25, 0.3) is 0 Å². The van der Waals surface area contributed by atoms with E-state index in [2.05, 4.69) is 26.7 Å². The maximum absolute atomic E-state index is 12.8. The molecule has 4 rings (SSSR count). The number of sulfonamides is 1. The van der Waals surface area contributed by atoms with Crippen LogP contribution in [0, 0.1) is 0 Å². The van der Waals surface area contributed by atoms with Gasteiger partial charge >= 0.3 is 0 Å². The summed E-state index contributed by atoms with van der Waals surface area (Å²) in [6, 6.07) is 17.7. The number of nitrogens with one attached hydrogen (secondary N) is 1. The normalized spacial score (nSPS) is 18.1. The first-order valence-electron chi connectivity index (χ1n) is 11.9. The first-order valence-corrected chi connectivity index (χ1v) is 13.5. The molecule has 0 aromatic heterocycles. The van der Waals surface area contributed by atoms with E-state index in [4.69, 9.17) is 0 Å². The number of hydrogen-bond acceptors (Lipinski definition) is 5. The van der Waals surface area contributed by atoms with Crippen molar-refractivity contribution in [3.05, 3.63) is 60.2 Å². The second-order valence-electron chi connectivity index (χ2n) is 8.95. The Labute approximate surface area is 197 Å². The molecule has 1 N–H and O–H groups in total. The summed E-state index contributed by atoms with van der Waals surface area (Å²) in [6.45, 7) is 5.70. The molecule has 0 unspecified atom stereocenters. The summed E-state index contributed by atoms with van der Waals surface area (Å²) in [4.78, 5) is 19.1. The molecule has 178 valence electrons. The van der Waals surface area contributed by atoms with Gasteiger partial charge in [-0.1, -0.05) is 30.3 Å². The van der Waals surface area contributed by atoms with Crippen molar-refractivity contribution in [2.75, 3.05) is 54.6 Å². The van der Waals surface area contributed by atoms with Crippen LogP contribution in [0.2, 0.25) is 0 Å². The van der Waals surface area contributed by atoms with Gasteiger partial charge in [0.15, 0.2) is 0 Å². The Hall–Kier alpha value is -2.58. The topological polar surface area (TPSA) is 73.0 Å². The Morgan fingerprint density at radius 1 is 0.788 bits per heavy atom. The predicted molar refractivity (Wildman–Crippen MR) is 133 cm³/mol. The zero-order valence-corrected chi connectivity index (χ0v) is 20.0. The minimum absolute atomic E-state index is 0.339. The van der Waals surface area contributed by atoms with Gasteiger partial charge in [0.25, 0.3) is 0 Å². The highest BCUT2D eigenvalue weighted by Crippen LogP contribution is 2.22. The highest BCUT2D eigenvalue weighted by atomic mass is 32.2. The van der Waals surface area contributed by atoms with E-state index in [0.717, 1.165) is 44.8 Å². The van der Waals surface area contributed by atoms with Gasteiger partial charge in [-0.05, 0) is 55.5 Å². The monoisotopic (exact) mass is 470 g/mol. The van der Waals surface area contributed by atoms with E-state index >= 15 is 0 Å². The molecule has 2 aromatic carbocycles. The van der Waals surface area contributed by atoms with Gasteiger partial charge in [-0.15, -0.1) is 0 Å². The third kappa shape index (κ3) is 6.95. The van der Waals surface area contributed by atoms with Crippen molar-refractivity contribution >= 4 is 27.3 Å². The van der Waals surface area contributed by atoms with Crippen LogP contribution in [-0.4, -0.2) is 69.1 Å². The molecule has 2 fully saturated rings. The molecule has 2 saturated heterocycles. The zero-order valence-electron chi connectivity index (χ0n) is 19.2. The lowest BCUT2D eigenvalue weighted by molar-refractivity contribution is -0.128. The van der Waals surface area contributed by atoms with Crippen LogP contribution in [0.5, 0.6) is 0 Å². The number of amides is 1. The molecular formula is C25H34N4O3S. The molecule has 0 spiro atoms. The van der Waals surface area contributed by atoms with Crippen molar-refractivity contribution in [3.63, 3.8) is 0 Å². The molecule has 2 aromatic rings. The van der Waals surface area contributed by atoms with Gasteiger partial charge in [-0.25, -0.2) is 8.42 Å². The molecule has 0 saturated carbocycles. The van der Waals surface area contributed by atoms with Crippen molar-refractivity contribution in [2.24, 2.45) is 0 Å². The van der Waals surface area contributed by atoms with Crippen molar-refractivity contribution in [2.45, 2.75) is 32.2 Å². The highest BCUT2D eigenvalue weighted by Gasteiger charge is 2.24. The van der Waals surface area contributed by atoms with Gasteiger partial charge in [0.2, 0.25) is 15.9 Å². The summed E-state index contributed by atoms with van der Waals surface area (Å²) in [7, 11) is -3.76. The van der Waals surface area contributed by atoms with Crippen LogP contribution < -0.4 is 9.62 Å². The van der Waals surface area contributed by atoms with Crippen LogP contribution >= 0.6 is 0 Å². The number of nitrogens with zero attached hydrogens (tertiary/aromatic N) is 3. The molecule has 8 heteroatoms. The van der Waals surface area contributed by atoms with E-state index in [-0.39, 0.29) is 5.91 Å². The predicted octanol–water partition coefficient (Wildman–Crippen LogP) is 3.15. The first-order chi connectivity index (χ1) is 16.0. The van der Waals surface area contributed by atoms with Crippen molar-refractivity contribution in [3.8, 4) is 0 Å². The van der Waals surface area contributed by atoms with Gasteiger partial charge in [-0.3, -0.25) is 14.4 Å². The third-order valence-electron chi connectivity index (χ3n) is 6.37. The van der Waals surface area contributed by atoms with Crippen LogP contribution in [0.1, 0.15) is 31.2 Å². The summed E-state index contributed by atoms with van der Waals surface area (Å²) in [5.41, 5.74) is 2.85. The molecule has 2 aliphatic heterocycles. The SMILES string of the molecule is O=C(CS(=O)(=O)Nc1ccc(N2CCCCC2)cc1)N1CCCN(Cc2ccccc2)CC1. The zero-order chi connectivity index (χ0) is 23.1. The smallest absolute Gasteiger partial charge is 0.241 e. The van der Waals surface area contributed by atoms with Crippen LogP contribution in [0.3, 0.4) is 0 Å². The Kier molecular flexibility index (Phi) is 7.88. The van der Waals surface area contributed by atoms with Crippen molar-refractivity contribution < 1.29 is 13.2 Å². The number of carbonyl (C=O) groups is 1. The van der Waals surface area contributed by atoms with Crippen LogP contribution in [-0.2, 0) is 21.4 Å². The average Bonchev–Trinajstić information content (AvgIpc) is 3.06. The highest BCUT2D eigenvalue weighted by molar-refractivity contribution is 7.93. The Morgan fingerprint density at radius 3 is 2.24 bits per heavy atom. The number of anilines is 2. The average molecular weight is 471 g/mol. The molecule has 7 nitrogen and oxygen atoms in total. The Bertz CT molecular complexity index is 1010. The van der Waals surface area contributed by atoms with Gasteiger partial charge in [-0.2, -0.15) is 0 Å². The largest absolute Gasteiger partial charge is 0.372 e. The van der Waals surface area contributed by atoms with Gasteiger partial charge in [0.05, 0.1) is 0 Å². The number of carbonyl (C=O) groups excluding carboxylic acids is 1. The maximum Gasteiger partial charge on any atom is 0.241 e. The van der Waals surface area contributed by atoms with E-state index in [1.54, 1.807) is 17.0 Å². The third-order valence-corrected chi connectivity index (χ3v) is 7.54. The molecule has 0 radical (unpaired) electrons. The second-order valence-corrected chi connectivity index (χ2v) is 10.7. The lowest BCUT2D eigenvalue weighted by Gasteiger charge is -2.28. The molecule has 33 heavy (non-hydrogen) atoms. The van der Waals surface area contributed by atoms with E-state index in [9.17, 15) is 13.2 Å². The summed E-state index contributed by atoms with van der Waals surface area (Å²) < 4.78 is 27.9. The Balaban J connectivity index is 1.28. The molecule has 0 atom stereocenters. The minimum atomic E-state index is -3.76. The van der Waals surface area contributed by atoms with E-state index < -0.39 is 15.8 Å². The van der Waals surface area contributed by atoms with Gasteiger partial charge < -0.3 is 9.80 Å². The number of piperidine rings is 1. The number of rotatable bonds is 7. The van der Waals surface area contributed by atoms with Gasteiger partial charge in [0, 0.05) is 57.2 Å². The lowest BCUT2D eigenvalue weighted by Crippen LogP contribution is -2.39. The fourth-order valence-electron chi connectivity index (χ4n) is 4.58. The molecule has 2 aliphatic rings. The van der Waals surface area contributed by atoms with E-state index in [1.807, 2.05) is 30.3 Å². The van der Waals surface area contributed by atoms with Crippen LogP contribution in [0.4, 0.5) is 11.4 Å². The number of benzene rings is 2. The second kappa shape index (κ2) is 11.0. The quantitative estimate of drug-likeness (QED) is 0.673. The first kappa shape index (κ1) is 23.6. The molecule has 0 bridgehead atoms. The fourth-order valence-corrected chi connectivity index (χ4v) is 5.66. The summed E-state index contributed by atoms with van der Waals surface area (Å²) in [5, 5.41) is 0. The lowest BCUT2D eigenvalue weighted by atomic mass is 10.1. The van der Waals surface area contributed by atoms with E-state index in [1.165, 1.54) is 24.8 Å². The van der Waals surface area contributed by atoms with Crippen molar-refractivity contribution in [1.82, 2.24) is 9.80 Å². The minimum Gasteiger partial charge on any atom is -0.372 e. The van der Waals surface area contributed by atoms with Crippen LogP contribution in [0.15, 0.2) is 54.6 Å². The molecule has 1 amide bonds. The molecule has 2 heterocycles. The standard InChI is InChI=1S/C25H34N4O3S/c30-25(29-17-7-14-27(18-19-29)20-22-8-3-1-4-9-22)21-33(31,32)26-23-10-12-24(13-11-23)28-15-5-2-6-16-28/h1,3-4,8-13,26H,2,5-7,14-21H2. The number of hydrogen-bond donors (Lipinski definition) is 1.